The molecule has 0 heterocycles. The Morgan fingerprint density at radius 3 is 2.34 bits per heavy atom. The Kier molecular flexibility index (Phi) is 8.82. The molecule has 1 amide bonds. The summed E-state index contributed by atoms with van der Waals surface area (Å²) in [5, 5.41) is 9.39. The highest BCUT2D eigenvalue weighted by atomic mass is 16.5. The van der Waals surface area contributed by atoms with Gasteiger partial charge in [-0.15, -0.1) is 0 Å². The molecule has 0 bridgehead atoms. The van der Waals surface area contributed by atoms with Gasteiger partial charge in [0.25, 0.3) is 0 Å². The molecule has 2 rings (SSSR count). The number of nitrogens with zero attached hydrogens (tertiary/aromatic N) is 1. The lowest BCUT2D eigenvalue weighted by molar-refractivity contribution is -0.114. The van der Waals surface area contributed by atoms with E-state index in [2.05, 4.69) is 33.1 Å². The van der Waals surface area contributed by atoms with Crippen LogP contribution in [0.25, 0.3) is 0 Å². The number of guanidine groups is 1. The van der Waals surface area contributed by atoms with E-state index >= 15 is 0 Å². The molecule has 0 aromatic heterocycles. The van der Waals surface area contributed by atoms with Crippen LogP contribution in [0.3, 0.4) is 0 Å². The summed E-state index contributed by atoms with van der Waals surface area (Å²) in [7, 11) is 3.24. The van der Waals surface area contributed by atoms with Gasteiger partial charge in [0.15, 0.2) is 5.96 Å². The molecule has 0 aliphatic heterocycles. The number of benzene rings is 2. The van der Waals surface area contributed by atoms with Crippen molar-refractivity contribution in [3.63, 3.8) is 0 Å². The van der Waals surface area contributed by atoms with E-state index in [4.69, 9.17) is 9.47 Å². The summed E-state index contributed by atoms with van der Waals surface area (Å²) in [6, 6.07) is 13.7. The smallest absolute Gasteiger partial charge is 0.221 e. The normalized spacial score (nSPS) is 11.0. The lowest BCUT2D eigenvalue weighted by atomic mass is 10.1. The van der Waals surface area contributed by atoms with Crippen LogP contribution in [0.5, 0.6) is 11.5 Å². The van der Waals surface area contributed by atoms with Crippen LogP contribution in [0.4, 0.5) is 5.69 Å². The molecule has 2 aromatic rings. The van der Waals surface area contributed by atoms with E-state index < -0.39 is 0 Å². The van der Waals surface area contributed by atoms with Gasteiger partial charge in [0.1, 0.15) is 11.5 Å². The zero-order valence-corrected chi connectivity index (χ0v) is 17.5. The van der Waals surface area contributed by atoms with Crippen LogP contribution in [0.1, 0.15) is 25.0 Å². The van der Waals surface area contributed by atoms with Crippen molar-refractivity contribution in [1.82, 2.24) is 10.6 Å². The molecule has 0 aliphatic rings. The van der Waals surface area contributed by atoms with Crippen molar-refractivity contribution in [3.8, 4) is 11.5 Å². The fraction of sp³-hybridized carbons (Fsp3) is 0.364. The lowest BCUT2D eigenvalue weighted by Gasteiger charge is -2.13. The van der Waals surface area contributed by atoms with Gasteiger partial charge in [-0.05, 0) is 48.7 Å². The predicted molar refractivity (Wildman–Crippen MR) is 117 cm³/mol. The molecule has 0 atom stereocenters. The van der Waals surface area contributed by atoms with Gasteiger partial charge in [-0.3, -0.25) is 4.79 Å². The Hall–Kier alpha value is -3.22. The molecule has 0 spiro atoms. The van der Waals surface area contributed by atoms with Crippen molar-refractivity contribution >= 4 is 17.6 Å². The summed E-state index contributed by atoms with van der Waals surface area (Å²) in [5.41, 5.74) is 2.84. The van der Waals surface area contributed by atoms with Crippen molar-refractivity contribution in [2.75, 3.05) is 32.6 Å². The average Bonchev–Trinajstić information content (AvgIpc) is 2.72. The van der Waals surface area contributed by atoms with Crippen LogP contribution < -0.4 is 25.4 Å². The third-order valence-corrected chi connectivity index (χ3v) is 4.20. The minimum Gasteiger partial charge on any atom is -0.497 e. The first-order valence-electron chi connectivity index (χ1n) is 9.65. The summed E-state index contributed by atoms with van der Waals surface area (Å²) in [6.45, 7) is 5.52. The van der Waals surface area contributed by atoms with E-state index in [-0.39, 0.29) is 5.91 Å². The molecule has 7 heteroatoms. The molecular formula is C22H30N4O3. The number of aliphatic imine (C=N–C) groups is 1. The number of ether oxygens (including phenoxy) is 2. The first kappa shape index (κ1) is 22.1. The quantitative estimate of drug-likeness (QED) is 0.447. The predicted octanol–water partition coefficient (Wildman–Crippen LogP) is 2.96. The van der Waals surface area contributed by atoms with E-state index in [0.29, 0.717) is 18.0 Å². The SMILES string of the molecule is CCNC(=NCc1ccc(OC)c(NC(C)=O)c1)NCCc1ccc(OC)cc1. The highest BCUT2D eigenvalue weighted by molar-refractivity contribution is 5.90. The fourth-order valence-corrected chi connectivity index (χ4v) is 2.77. The second kappa shape index (κ2) is 11.6. The molecule has 7 nitrogen and oxygen atoms in total. The molecular weight excluding hydrogens is 368 g/mol. The van der Waals surface area contributed by atoms with Crippen molar-refractivity contribution in [1.29, 1.82) is 0 Å². The summed E-state index contributed by atoms with van der Waals surface area (Å²) >= 11 is 0. The standard InChI is InChI=1S/C22H30N4O3/c1-5-23-22(24-13-12-17-6-9-19(28-3)10-7-17)25-15-18-8-11-21(29-4)20(14-18)26-16(2)27/h6-11,14H,5,12-13,15H2,1-4H3,(H,26,27)(H2,23,24,25). The number of carbonyl (C=O) groups excluding carboxylic acids is 1. The molecule has 2 aromatic carbocycles. The molecule has 0 radical (unpaired) electrons. The highest BCUT2D eigenvalue weighted by Gasteiger charge is 2.06. The van der Waals surface area contributed by atoms with Crippen LogP contribution in [-0.4, -0.2) is 39.2 Å². The van der Waals surface area contributed by atoms with Crippen molar-refractivity contribution in [3.05, 3.63) is 53.6 Å². The Morgan fingerprint density at radius 1 is 1.00 bits per heavy atom. The summed E-state index contributed by atoms with van der Waals surface area (Å²) in [5.74, 6) is 2.09. The number of methoxy groups -OCH3 is 2. The van der Waals surface area contributed by atoms with E-state index in [9.17, 15) is 4.79 Å². The monoisotopic (exact) mass is 398 g/mol. The average molecular weight is 399 g/mol. The molecule has 3 N–H and O–H groups in total. The number of anilines is 1. The minimum atomic E-state index is -0.141. The van der Waals surface area contributed by atoms with Crippen molar-refractivity contribution < 1.29 is 14.3 Å². The first-order chi connectivity index (χ1) is 14.0. The number of nitrogens with one attached hydrogen (secondary N) is 3. The topological polar surface area (TPSA) is 84.0 Å². The Bertz CT molecular complexity index is 819. The summed E-state index contributed by atoms with van der Waals surface area (Å²) < 4.78 is 10.5. The van der Waals surface area contributed by atoms with E-state index in [1.165, 1.54) is 12.5 Å². The molecule has 0 saturated carbocycles. The maximum atomic E-state index is 11.4. The van der Waals surface area contributed by atoms with Crippen LogP contribution in [0.2, 0.25) is 0 Å². The van der Waals surface area contributed by atoms with Gasteiger partial charge in [0, 0.05) is 20.0 Å². The van der Waals surface area contributed by atoms with E-state index in [1.54, 1.807) is 14.2 Å². The number of rotatable bonds is 9. The molecule has 0 unspecified atom stereocenters. The van der Waals surface area contributed by atoms with Gasteiger partial charge in [0.2, 0.25) is 5.91 Å². The third kappa shape index (κ3) is 7.37. The second-order valence-electron chi connectivity index (χ2n) is 6.44. The molecule has 0 fully saturated rings. The van der Waals surface area contributed by atoms with Crippen LogP contribution >= 0.6 is 0 Å². The van der Waals surface area contributed by atoms with Crippen LogP contribution in [0.15, 0.2) is 47.5 Å². The van der Waals surface area contributed by atoms with Gasteiger partial charge in [-0.1, -0.05) is 18.2 Å². The van der Waals surface area contributed by atoms with Gasteiger partial charge in [-0.2, -0.15) is 0 Å². The lowest BCUT2D eigenvalue weighted by Crippen LogP contribution is -2.38. The number of hydrogen-bond donors (Lipinski definition) is 3. The minimum absolute atomic E-state index is 0.141. The van der Waals surface area contributed by atoms with Gasteiger partial charge >= 0.3 is 0 Å². The third-order valence-electron chi connectivity index (χ3n) is 4.20. The molecule has 0 saturated heterocycles. The number of carbonyl (C=O) groups is 1. The van der Waals surface area contributed by atoms with E-state index in [0.717, 1.165) is 36.8 Å². The number of hydrogen-bond acceptors (Lipinski definition) is 4. The van der Waals surface area contributed by atoms with Gasteiger partial charge in [0.05, 0.1) is 26.5 Å². The van der Waals surface area contributed by atoms with Crippen LogP contribution in [-0.2, 0) is 17.8 Å². The van der Waals surface area contributed by atoms with Crippen molar-refractivity contribution in [2.45, 2.75) is 26.8 Å². The summed E-state index contributed by atoms with van der Waals surface area (Å²) in [6.07, 6.45) is 0.879. The highest BCUT2D eigenvalue weighted by Crippen LogP contribution is 2.25. The molecule has 156 valence electrons. The Balaban J connectivity index is 1.97. The number of amides is 1. The Labute approximate surface area is 172 Å². The largest absolute Gasteiger partial charge is 0.497 e. The molecule has 29 heavy (non-hydrogen) atoms. The van der Waals surface area contributed by atoms with E-state index in [1.807, 2.05) is 37.3 Å². The maximum absolute atomic E-state index is 11.4. The zero-order valence-electron chi connectivity index (χ0n) is 17.5. The second-order valence-corrected chi connectivity index (χ2v) is 6.44. The fourth-order valence-electron chi connectivity index (χ4n) is 2.77. The first-order valence-corrected chi connectivity index (χ1v) is 9.65. The Morgan fingerprint density at radius 2 is 1.72 bits per heavy atom. The molecule has 0 aliphatic carbocycles. The summed E-state index contributed by atoms with van der Waals surface area (Å²) in [4.78, 5) is 16.0. The zero-order chi connectivity index (χ0) is 21.1. The maximum Gasteiger partial charge on any atom is 0.221 e. The van der Waals surface area contributed by atoms with Gasteiger partial charge < -0.3 is 25.4 Å². The van der Waals surface area contributed by atoms with Crippen molar-refractivity contribution in [2.24, 2.45) is 4.99 Å². The van der Waals surface area contributed by atoms with Crippen LogP contribution in [0, 0.1) is 0 Å². The van der Waals surface area contributed by atoms with Gasteiger partial charge in [-0.25, -0.2) is 4.99 Å².